The third-order valence-electron chi connectivity index (χ3n) is 8.86. The first-order valence-corrected chi connectivity index (χ1v) is 14.5. The van der Waals surface area contributed by atoms with Gasteiger partial charge < -0.3 is 14.8 Å². The Hall–Kier alpha value is -2.11. The quantitative estimate of drug-likeness (QED) is 0.218. The largest absolute Gasteiger partial charge is 0.444 e. The smallest absolute Gasteiger partial charge is 0.407 e. The topological polar surface area (TPSA) is 64.6 Å². The molecule has 1 aromatic rings. The number of carbonyl (C=O) groups excluding carboxylic acids is 2. The van der Waals surface area contributed by atoms with Gasteiger partial charge in [0.05, 0.1) is 5.41 Å². The molecule has 2 saturated carbocycles. The highest BCUT2D eigenvalue weighted by atomic mass is 19.1. The van der Waals surface area contributed by atoms with Crippen molar-refractivity contribution in [1.82, 2.24) is 5.32 Å². The summed E-state index contributed by atoms with van der Waals surface area (Å²) in [6, 6.07) is 3.11. The van der Waals surface area contributed by atoms with Crippen LogP contribution in [0.4, 0.5) is 9.18 Å². The number of carbonyl (C=O) groups is 2. The van der Waals surface area contributed by atoms with E-state index in [9.17, 15) is 9.59 Å². The Morgan fingerprint density at radius 1 is 1.08 bits per heavy atom. The van der Waals surface area contributed by atoms with Crippen LogP contribution in [-0.4, -0.2) is 23.7 Å². The Kier molecular flexibility index (Phi) is 8.25. The number of fused-ring (bicyclic) bond motifs is 4. The highest BCUT2D eigenvalue weighted by molar-refractivity contribution is 5.82. The summed E-state index contributed by atoms with van der Waals surface area (Å²) in [5.41, 5.74) is 0.105. The Labute approximate surface area is 222 Å². The number of benzene rings is 1. The molecule has 0 aliphatic heterocycles. The molecule has 5 nitrogen and oxygen atoms in total. The molecule has 0 saturated heterocycles. The lowest BCUT2D eigenvalue weighted by molar-refractivity contribution is -0.140. The molecule has 3 aliphatic rings. The number of halogens is 1. The van der Waals surface area contributed by atoms with Gasteiger partial charge in [0.1, 0.15) is 17.2 Å². The summed E-state index contributed by atoms with van der Waals surface area (Å²) < 4.78 is 27.1. The molecule has 3 aliphatic carbocycles. The van der Waals surface area contributed by atoms with Crippen LogP contribution in [0.25, 0.3) is 0 Å². The predicted molar refractivity (Wildman–Crippen MR) is 143 cm³/mol. The molecule has 2 fully saturated rings. The van der Waals surface area contributed by atoms with Crippen LogP contribution in [0.3, 0.4) is 0 Å². The minimum Gasteiger partial charge on any atom is -0.444 e. The van der Waals surface area contributed by atoms with Gasteiger partial charge >= 0.3 is 12.1 Å². The molecule has 3 atom stereocenters. The molecule has 37 heavy (non-hydrogen) atoms. The van der Waals surface area contributed by atoms with Crippen molar-refractivity contribution < 1.29 is 23.5 Å². The van der Waals surface area contributed by atoms with E-state index in [1.54, 1.807) is 0 Å². The zero-order valence-electron chi connectivity index (χ0n) is 23.5. The molecule has 0 aromatic heterocycles. The van der Waals surface area contributed by atoms with Crippen LogP contribution in [0, 0.1) is 17.2 Å². The first-order chi connectivity index (χ1) is 17.5. The maximum absolute atomic E-state index is 15.6. The standard InChI is InChI=1S/C31H46FNO4/c1-6-7-8-12-15-31(16-17-31)27(34)36-22-19-24-23(25(32)20-22)18-21-13-10-9-11-14-30(24,5)26(21)33-28(35)37-29(2,3)4/h19-21,26H,6-18H2,1-5H3,(H,33,35)/t21?,26-,30+/m0/s1. The second kappa shape index (κ2) is 10.9. The summed E-state index contributed by atoms with van der Waals surface area (Å²) in [7, 11) is 0. The first-order valence-electron chi connectivity index (χ1n) is 14.5. The molecule has 1 aromatic carbocycles. The minimum atomic E-state index is -0.595. The monoisotopic (exact) mass is 515 g/mol. The second-order valence-corrected chi connectivity index (χ2v) is 13.0. The summed E-state index contributed by atoms with van der Waals surface area (Å²) in [6.07, 6.45) is 12.1. The summed E-state index contributed by atoms with van der Waals surface area (Å²) in [5.74, 6) is -0.103. The van der Waals surface area contributed by atoms with E-state index in [-0.39, 0.29) is 23.7 Å². The van der Waals surface area contributed by atoms with E-state index >= 15 is 4.39 Å². The van der Waals surface area contributed by atoms with Crippen molar-refractivity contribution in [1.29, 1.82) is 0 Å². The van der Waals surface area contributed by atoms with Crippen LogP contribution in [0.1, 0.15) is 123 Å². The van der Waals surface area contributed by atoms with E-state index in [2.05, 4.69) is 19.2 Å². The highest BCUT2D eigenvalue weighted by Gasteiger charge is 2.51. The van der Waals surface area contributed by atoms with Gasteiger partial charge in [-0.25, -0.2) is 9.18 Å². The van der Waals surface area contributed by atoms with Crippen LogP contribution >= 0.6 is 0 Å². The first kappa shape index (κ1) is 27.9. The summed E-state index contributed by atoms with van der Waals surface area (Å²) in [5, 5.41) is 3.18. The Bertz CT molecular complexity index is 996. The maximum Gasteiger partial charge on any atom is 0.407 e. The predicted octanol–water partition coefficient (Wildman–Crippen LogP) is 7.77. The molecule has 0 heterocycles. The van der Waals surface area contributed by atoms with Crippen molar-refractivity contribution in [2.45, 2.75) is 135 Å². The fraction of sp³-hybridized carbons (Fsp3) is 0.742. The SMILES string of the molecule is CCCCCCC1(C(=O)Oc2cc(F)c3c(c2)[C@@]2(C)CCCCCC(C3)[C@@H]2NC(=O)OC(C)(C)C)CC1. The van der Waals surface area contributed by atoms with Gasteiger partial charge in [0.15, 0.2) is 0 Å². The third kappa shape index (κ3) is 6.31. The normalized spacial score (nSPS) is 26.3. The molecule has 1 amide bonds. The van der Waals surface area contributed by atoms with E-state index in [4.69, 9.17) is 9.47 Å². The average Bonchev–Trinajstić information content (AvgIpc) is 3.59. The minimum absolute atomic E-state index is 0.131. The summed E-state index contributed by atoms with van der Waals surface area (Å²) in [4.78, 5) is 26.0. The van der Waals surface area contributed by atoms with E-state index < -0.39 is 22.5 Å². The zero-order valence-corrected chi connectivity index (χ0v) is 23.5. The van der Waals surface area contributed by atoms with Crippen molar-refractivity contribution >= 4 is 12.1 Å². The zero-order chi connectivity index (χ0) is 26.8. The van der Waals surface area contributed by atoms with Gasteiger partial charge in [0, 0.05) is 17.5 Å². The van der Waals surface area contributed by atoms with Gasteiger partial charge in [-0.1, -0.05) is 58.8 Å². The molecular formula is C31H46FNO4. The van der Waals surface area contributed by atoms with Gasteiger partial charge in [0.25, 0.3) is 0 Å². The molecule has 1 N–H and O–H groups in total. The van der Waals surface area contributed by atoms with Gasteiger partial charge in [-0.2, -0.15) is 0 Å². The van der Waals surface area contributed by atoms with Crippen molar-refractivity contribution in [2.24, 2.45) is 11.3 Å². The van der Waals surface area contributed by atoms with Gasteiger partial charge in [-0.05, 0) is 82.4 Å². The van der Waals surface area contributed by atoms with Gasteiger partial charge in [0.2, 0.25) is 0 Å². The van der Waals surface area contributed by atoms with Crippen LogP contribution < -0.4 is 10.1 Å². The number of nitrogens with one attached hydrogen (secondary N) is 1. The molecule has 0 spiro atoms. The van der Waals surface area contributed by atoms with Crippen molar-refractivity contribution in [3.63, 3.8) is 0 Å². The lowest BCUT2D eigenvalue weighted by Crippen LogP contribution is -2.57. The average molecular weight is 516 g/mol. The van der Waals surface area contributed by atoms with Crippen molar-refractivity contribution in [2.75, 3.05) is 0 Å². The molecule has 4 rings (SSSR count). The molecule has 206 valence electrons. The summed E-state index contributed by atoms with van der Waals surface area (Å²) in [6.45, 7) is 9.88. The number of hydrogen-bond donors (Lipinski definition) is 1. The maximum atomic E-state index is 15.6. The fourth-order valence-corrected chi connectivity index (χ4v) is 6.61. The lowest BCUT2D eigenvalue weighted by Gasteiger charge is -2.49. The molecule has 1 unspecified atom stereocenters. The van der Waals surface area contributed by atoms with Gasteiger partial charge in [-0.3, -0.25) is 4.79 Å². The number of amides is 1. The Morgan fingerprint density at radius 3 is 2.51 bits per heavy atom. The molecule has 0 radical (unpaired) electrons. The third-order valence-corrected chi connectivity index (χ3v) is 8.86. The molecular weight excluding hydrogens is 469 g/mol. The van der Waals surface area contributed by atoms with Crippen molar-refractivity contribution in [3.05, 3.63) is 29.1 Å². The Balaban J connectivity index is 1.59. The number of unbranched alkanes of at least 4 members (excludes halogenated alkanes) is 3. The van der Waals surface area contributed by atoms with Crippen LogP contribution in [-0.2, 0) is 21.4 Å². The number of ether oxygens (including phenoxy) is 2. The van der Waals surface area contributed by atoms with E-state index in [1.807, 2.05) is 26.8 Å². The summed E-state index contributed by atoms with van der Waals surface area (Å²) >= 11 is 0. The van der Waals surface area contributed by atoms with E-state index in [0.29, 0.717) is 17.7 Å². The lowest BCUT2D eigenvalue weighted by atomic mass is 9.59. The number of esters is 1. The van der Waals surface area contributed by atoms with E-state index in [1.165, 1.54) is 12.5 Å². The molecule has 2 bridgehead atoms. The second-order valence-electron chi connectivity index (χ2n) is 13.0. The van der Waals surface area contributed by atoms with Crippen LogP contribution in [0.2, 0.25) is 0 Å². The Morgan fingerprint density at radius 2 is 1.84 bits per heavy atom. The van der Waals surface area contributed by atoms with Crippen LogP contribution in [0.5, 0.6) is 5.75 Å². The van der Waals surface area contributed by atoms with E-state index in [0.717, 1.165) is 76.2 Å². The number of rotatable bonds is 8. The van der Waals surface area contributed by atoms with Crippen molar-refractivity contribution in [3.8, 4) is 5.75 Å². The number of hydrogen-bond acceptors (Lipinski definition) is 4. The number of alkyl carbamates (subject to hydrolysis) is 1. The van der Waals surface area contributed by atoms with Crippen LogP contribution in [0.15, 0.2) is 12.1 Å². The highest BCUT2D eigenvalue weighted by Crippen LogP contribution is 2.52. The molecule has 6 heteroatoms. The fourth-order valence-electron chi connectivity index (χ4n) is 6.61. The van der Waals surface area contributed by atoms with Gasteiger partial charge in [-0.15, -0.1) is 0 Å².